The molecule has 2 aromatic rings. The van der Waals surface area contributed by atoms with Crippen LogP contribution in [0.25, 0.3) is 11.2 Å². The molecule has 3 heterocycles. The number of rotatable bonds is 7. The lowest BCUT2D eigenvalue weighted by Gasteiger charge is -2.21. The van der Waals surface area contributed by atoms with E-state index in [-0.39, 0.29) is 17.0 Å². The van der Waals surface area contributed by atoms with Gasteiger partial charge in [0.1, 0.15) is 17.9 Å². The molecule has 3 rings (SSSR count). The highest BCUT2D eigenvalue weighted by Crippen LogP contribution is 2.67. The second-order valence-corrected chi connectivity index (χ2v) is 10.4. The topological polar surface area (TPSA) is 259 Å². The summed E-state index contributed by atoms with van der Waals surface area (Å²) in [6.07, 6.45) is -1.85. The van der Waals surface area contributed by atoms with Crippen LogP contribution in [0.4, 0.5) is 5.82 Å². The quantitative estimate of drug-likeness (QED) is 0.269. The highest BCUT2D eigenvalue weighted by atomic mass is 31.3. The molecular formula is C10H16N5O12P3. The number of aromatic nitrogens is 4. The van der Waals surface area contributed by atoms with E-state index >= 15 is 0 Å². The average molecular weight is 491 g/mol. The van der Waals surface area contributed by atoms with Crippen LogP contribution in [0, 0.1) is 5.92 Å². The number of imidazole rings is 1. The minimum absolute atomic E-state index is 0.0594. The van der Waals surface area contributed by atoms with Gasteiger partial charge in [0.2, 0.25) is 0 Å². The Labute approximate surface area is 166 Å². The summed E-state index contributed by atoms with van der Waals surface area (Å²) in [5.74, 6) is -0.930. The Kier molecular flexibility index (Phi) is 6.21. The number of nitrogen functional groups attached to an aromatic ring is 1. The molecule has 0 aromatic carbocycles. The molecule has 0 radical (unpaired) electrons. The van der Waals surface area contributed by atoms with Gasteiger partial charge in [0, 0.05) is 5.92 Å². The summed E-state index contributed by atoms with van der Waals surface area (Å²) in [5.41, 5.74) is 6.07. The average Bonchev–Trinajstić information content (AvgIpc) is 3.09. The first-order valence-corrected chi connectivity index (χ1v) is 12.3. The van der Waals surface area contributed by atoms with E-state index in [1.54, 1.807) is 0 Å². The van der Waals surface area contributed by atoms with Gasteiger partial charge >= 0.3 is 23.5 Å². The van der Waals surface area contributed by atoms with E-state index in [1.807, 2.05) is 0 Å². The molecule has 0 spiro atoms. The van der Waals surface area contributed by atoms with Crippen molar-refractivity contribution < 1.29 is 56.3 Å². The molecule has 30 heavy (non-hydrogen) atoms. The fourth-order valence-electron chi connectivity index (χ4n) is 2.60. The molecule has 0 bridgehead atoms. The van der Waals surface area contributed by atoms with Crippen LogP contribution in [-0.4, -0.2) is 56.6 Å². The molecule has 6 atom stereocenters. The summed E-state index contributed by atoms with van der Waals surface area (Å²) >= 11 is 0. The lowest BCUT2D eigenvalue weighted by molar-refractivity contribution is -0.120. The van der Waals surface area contributed by atoms with Crippen molar-refractivity contribution in [3.63, 3.8) is 0 Å². The molecule has 0 amide bonds. The summed E-state index contributed by atoms with van der Waals surface area (Å²) in [5, 5.41) is 10.4. The number of aliphatic hydroxyl groups is 1. The van der Waals surface area contributed by atoms with Gasteiger partial charge in [-0.25, -0.2) is 28.6 Å². The van der Waals surface area contributed by atoms with Crippen LogP contribution >= 0.6 is 23.5 Å². The minimum atomic E-state index is -5.69. The van der Waals surface area contributed by atoms with Gasteiger partial charge in [-0.3, -0.25) is 9.09 Å². The first-order valence-electron chi connectivity index (χ1n) is 7.78. The normalized spacial score (nSPS) is 29.0. The van der Waals surface area contributed by atoms with Crippen molar-refractivity contribution in [2.75, 3.05) is 5.73 Å². The van der Waals surface area contributed by atoms with E-state index in [2.05, 4.69) is 28.1 Å². The molecule has 1 fully saturated rings. The van der Waals surface area contributed by atoms with E-state index < -0.39 is 48.0 Å². The summed E-state index contributed by atoms with van der Waals surface area (Å²) in [6, 6.07) is 0. The van der Waals surface area contributed by atoms with Crippen molar-refractivity contribution in [1.29, 1.82) is 0 Å². The summed E-state index contributed by atoms with van der Waals surface area (Å²) in [4.78, 5) is 47.7. The highest BCUT2D eigenvalue weighted by molar-refractivity contribution is 7.66. The molecule has 1 aliphatic rings. The van der Waals surface area contributed by atoms with E-state index in [1.165, 1.54) is 17.8 Å². The zero-order valence-corrected chi connectivity index (χ0v) is 17.4. The van der Waals surface area contributed by atoms with Crippen LogP contribution in [0.3, 0.4) is 0 Å². The second kappa shape index (κ2) is 7.98. The largest absolute Gasteiger partial charge is 0.490 e. The Morgan fingerprint density at radius 1 is 1.10 bits per heavy atom. The summed E-state index contributed by atoms with van der Waals surface area (Å²) in [7, 11) is -16.7. The van der Waals surface area contributed by atoms with Gasteiger partial charge in [0.25, 0.3) is 0 Å². The van der Waals surface area contributed by atoms with Gasteiger partial charge in [0.15, 0.2) is 24.0 Å². The maximum Gasteiger partial charge on any atom is 0.490 e. The second-order valence-electron chi connectivity index (χ2n) is 6.02. The van der Waals surface area contributed by atoms with Crippen molar-refractivity contribution in [3.8, 4) is 0 Å². The van der Waals surface area contributed by atoms with Crippen LogP contribution in [0.15, 0.2) is 12.7 Å². The van der Waals surface area contributed by atoms with Gasteiger partial charge in [0.05, 0.1) is 6.33 Å². The van der Waals surface area contributed by atoms with Crippen molar-refractivity contribution >= 4 is 40.4 Å². The summed E-state index contributed by atoms with van der Waals surface area (Å²) in [6.45, 7) is 1.36. The molecule has 7 N–H and O–H groups in total. The number of anilines is 1. The third kappa shape index (κ3) is 5.11. The fraction of sp³-hybridized carbons (Fsp3) is 0.500. The lowest BCUT2D eigenvalue weighted by atomic mass is 10.1. The molecule has 6 unspecified atom stereocenters. The molecule has 168 valence electrons. The third-order valence-corrected chi connectivity index (χ3v) is 7.65. The predicted octanol–water partition coefficient (Wildman–Crippen LogP) is -0.396. The maximum atomic E-state index is 12.0. The maximum absolute atomic E-state index is 12.0. The van der Waals surface area contributed by atoms with Crippen LogP contribution < -0.4 is 5.73 Å². The van der Waals surface area contributed by atoms with Crippen LogP contribution in [0.5, 0.6) is 0 Å². The van der Waals surface area contributed by atoms with Gasteiger partial charge in [-0.2, -0.15) is 8.62 Å². The Morgan fingerprint density at radius 3 is 2.40 bits per heavy atom. The van der Waals surface area contributed by atoms with Crippen molar-refractivity contribution in [3.05, 3.63) is 12.7 Å². The number of nitrogens with two attached hydrogens (primary N) is 1. The summed E-state index contributed by atoms with van der Waals surface area (Å²) < 4.78 is 52.7. The number of aliphatic hydroxyl groups excluding tert-OH is 1. The Morgan fingerprint density at radius 2 is 1.77 bits per heavy atom. The van der Waals surface area contributed by atoms with Crippen LogP contribution in [-0.2, 0) is 31.6 Å². The number of nitrogens with zero attached hydrogens (tertiary/aromatic N) is 4. The van der Waals surface area contributed by atoms with Crippen molar-refractivity contribution in [2.45, 2.75) is 25.5 Å². The molecule has 0 aliphatic carbocycles. The number of hydrogen-bond donors (Lipinski definition) is 6. The van der Waals surface area contributed by atoms with Crippen LogP contribution in [0.1, 0.15) is 13.2 Å². The van der Waals surface area contributed by atoms with E-state index in [4.69, 9.17) is 20.3 Å². The lowest BCUT2D eigenvalue weighted by Crippen LogP contribution is -2.24. The zero-order chi connectivity index (χ0) is 22.5. The van der Waals surface area contributed by atoms with Gasteiger partial charge < -0.3 is 35.2 Å². The minimum Gasteiger partial charge on any atom is -0.388 e. The molecule has 0 saturated carbocycles. The van der Waals surface area contributed by atoms with E-state index in [0.29, 0.717) is 0 Å². The first kappa shape index (κ1) is 23.3. The monoisotopic (exact) mass is 491 g/mol. The number of ether oxygens (including phenoxy) is 1. The van der Waals surface area contributed by atoms with Crippen LogP contribution in [0.2, 0.25) is 0 Å². The number of phosphoric ester groups is 1. The molecule has 20 heteroatoms. The molecule has 2 aromatic heterocycles. The standard InChI is InChI=1S/C10H16N5O12P3/c1-4-6(16)9(15-3-14-5-7(11)12-2-13-8(5)15)24-10(4)25-29(20,21)27-30(22,23)26-28(17,18)19/h2-4,6,9-10,16H,1H3,(H,20,21)(H,22,23)(H2,11,12,13)(H2,17,18,19). The smallest absolute Gasteiger partial charge is 0.388 e. The highest BCUT2D eigenvalue weighted by Gasteiger charge is 2.49. The van der Waals surface area contributed by atoms with Crippen molar-refractivity contribution in [1.82, 2.24) is 19.5 Å². The number of fused-ring (bicyclic) bond motifs is 1. The van der Waals surface area contributed by atoms with Gasteiger partial charge in [-0.15, -0.1) is 0 Å². The van der Waals surface area contributed by atoms with E-state index in [0.717, 1.165) is 6.33 Å². The SMILES string of the molecule is CC1C(OP(=O)(O)OP(=O)(O)OP(=O)(O)O)OC(n2cnc3c(N)ncnc32)C1O. The third-order valence-electron chi connectivity index (χ3n) is 3.85. The number of phosphoric acid groups is 3. The molecular weight excluding hydrogens is 475 g/mol. The Hall–Kier alpha value is -1.32. The van der Waals surface area contributed by atoms with Gasteiger partial charge in [-0.1, -0.05) is 6.92 Å². The predicted molar refractivity (Wildman–Crippen MR) is 93.8 cm³/mol. The fourth-order valence-corrected chi connectivity index (χ4v) is 5.76. The Balaban J connectivity index is 1.78. The molecule has 1 aliphatic heterocycles. The van der Waals surface area contributed by atoms with Crippen molar-refractivity contribution in [2.24, 2.45) is 5.92 Å². The Bertz CT molecular complexity index is 1090. The molecule has 1 saturated heterocycles. The number of hydrogen-bond acceptors (Lipinski definition) is 12. The van der Waals surface area contributed by atoms with Gasteiger partial charge in [-0.05, 0) is 0 Å². The molecule has 17 nitrogen and oxygen atoms in total. The first-order chi connectivity index (χ1) is 13.7. The zero-order valence-electron chi connectivity index (χ0n) is 14.8. The van der Waals surface area contributed by atoms with E-state index in [9.17, 15) is 28.6 Å².